The van der Waals surface area contributed by atoms with Crippen molar-refractivity contribution in [1.29, 1.82) is 0 Å². The van der Waals surface area contributed by atoms with E-state index in [1.54, 1.807) is 0 Å². The van der Waals surface area contributed by atoms with Crippen LogP contribution in [-0.4, -0.2) is 19.5 Å². The molecule has 0 aliphatic rings. The van der Waals surface area contributed by atoms with Crippen molar-refractivity contribution in [2.45, 2.75) is 0 Å². The number of aromatic nitrogens is 4. The van der Waals surface area contributed by atoms with Gasteiger partial charge in [0.15, 0.2) is 0 Å². The molecule has 0 bridgehead atoms. The number of aromatic amines is 3. The Morgan fingerprint density at radius 2 is 1.79 bits per heavy atom. The van der Waals surface area contributed by atoms with Crippen LogP contribution in [0.1, 0.15) is 0 Å². The molecule has 0 aliphatic carbocycles. The molecule has 2 rings (SSSR count). The molecule has 102 valence electrons. The van der Waals surface area contributed by atoms with Gasteiger partial charge in [0.1, 0.15) is 5.02 Å². The van der Waals surface area contributed by atoms with Crippen molar-refractivity contribution in [1.82, 2.24) is 19.5 Å². The van der Waals surface area contributed by atoms with Crippen LogP contribution in [0.2, 0.25) is 5.02 Å². The molecule has 8 nitrogen and oxygen atoms in total. The standard InChI is InChI=1S/C5H5ClN2O2.C4H3BrN2O2/c1-8-4(9)3(6)2-7-5(8)10;5-2-1-6-4(9)7-3(2)8/h2H,1H3,(H,7,10);1H,(H2,6,7,8,9). The van der Waals surface area contributed by atoms with E-state index in [-0.39, 0.29) is 5.02 Å². The predicted octanol–water partition coefficient (Wildman–Crippen LogP) is -0.447. The van der Waals surface area contributed by atoms with Gasteiger partial charge in [0, 0.05) is 19.4 Å². The predicted molar refractivity (Wildman–Crippen MR) is 72.7 cm³/mol. The van der Waals surface area contributed by atoms with E-state index in [0.717, 1.165) is 4.57 Å². The fourth-order valence-corrected chi connectivity index (χ4v) is 1.32. The first-order valence-electron chi connectivity index (χ1n) is 4.74. The Bertz CT molecular complexity index is 803. The van der Waals surface area contributed by atoms with Crippen molar-refractivity contribution in [3.05, 3.63) is 63.6 Å². The van der Waals surface area contributed by atoms with Gasteiger partial charge in [0.05, 0.1) is 4.47 Å². The summed E-state index contributed by atoms with van der Waals surface area (Å²) < 4.78 is 1.23. The summed E-state index contributed by atoms with van der Waals surface area (Å²) in [6.45, 7) is 0. The number of rotatable bonds is 0. The van der Waals surface area contributed by atoms with E-state index < -0.39 is 22.5 Å². The minimum absolute atomic E-state index is 0.0158. The Hall–Kier alpha value is -1.87. The lowest BCUT2D eigenvalue weighted by Gasteiger charge is -1.92. The summed E-state index contributed by atoms with van der Waals surface area (Å²) in [6.07, 6.45) is 2.47. The molecule has 0 aliphatic heterocycles. The second-order valence-electron chi connectivity index (χ2n) is 3.23. The number of nitrogens with one attached hydrogen (secondary N) is 3. The van der Waals surface area contributed by atoms with Crippen LogP contribution in [0.3, 0.4) is 0 Å². The van der Waals surface area contributed by atoms with Gasteiger partial charge in [-0.25, -0.2) is 9.59 Å². The summed E-state index contributed by atoms with van der Waals surface area (Å²) in [7, 11) is 1.35. The maximum Gasteiger partial charge on any atom is 0.328 e. The van der Waals surface area contributed by atoms with Crippen molar-refractivity contribution in [2.75, 3.05) is 0 Å². The third-order valence-corrected chi connectivity index (χ3v) is 2.77. The van der Waals surface area contributed by atoms with Crippen LogP contribution in [0.25, 0.3) is 0 Å². The molecular formula is C9H8BrClN4O4. The smallest absolute Gasteiger partial charge is 0.313 e. The van der Waals surface area contributed by atoms with Gasteiger partial charge in [-0.05, 0) is 15.9 Å². The van der Waals surface area contributed by atoms with Crippen LogP contribution in [0.15, 0.2) is 36.0 Å². The van der Waals surface area contributed by atoms with Crippen LogP contribution in [0.5, 0.6) is 0 Å². The number of H-pyrrole nitrogens is 3. The Labute approximate surface area is 118 Å². The number of hydrogen-bond donors (Lipinski definition) is 3. The SMILES string of the molecule is Cn1c(=O)[nH]cc(Cl)c1=O.O=c1[nH]cc(Br)c(=O)[nH]1. The lowest BCUT2D eigenvalue weighted by molar-refractivity contribution is 0.776. The van der Waals surface area contributed by atoms with E-state index in [1.807, 2.05) is 4.98 Å². The third kappa shape index (κ3) is 4.07. The molecule has 19 heavy (non-hydrogen) atoms. The van der Waals surface area contributed by atoms with Gasteiger partial charge in [0.2, 0.25) is 0 Å². The molecule has 0 atom stereocenters. The monoisotopic (exact) mass is 350 g/mol. The Kier molecular flexibility index (Phi) is 5.07. The molecule has 0 amide bonds. The largest absolute Gasteiger partial charge is 0.328 e. The Balaban J connectivity index is 0.000000191. The van der Waals surface area contributed by atoms with Crippen LogP contribution in [0.4, 0.5) is 0 Å². The van der Waals surface area contributed by atoms with E-state index >= 15 is 0 Å². The fraction of sp³-hybridized carbons (Fsp3) is 0.111. The van der Waals surface area contributed by atoms with Gasteiger partial charge < -0.3 is 9.97 Å². The zero-order chi connectivity index (χ0) is 14.6. The van der Waals surface area contributed by atoms with Crippen molar-refractivity contribution in [3.63, 3.8) is 0 Å². The van der Waals surface area contributed by atoms with Gasteiger partial charge in [-0.1, -0.05) is 11.6 Å². The molecule has 2 aromatic rings. The Morgan fingerprint density at radius 1 is 1.16 bits per heavy atom. The number of hydrogen-bond acceptors (Lipinski definition) is 4. The molecular weight excluding hydrogens is 343 g/mol. The summed E-state index contributed by atoms with van der Waals surface area (Å²) in [5.41, 5.74) is -1.86. The number of halogens is 2. The molecule has 0 unspecified atom stereocenters. The van der Waals surface area contributed by atoms with Gasteiger partial charge in [-0.2, -0.15) is 0 Å². The van der Waals surface area contributed by atoms with Crippen molar-refractivity contribution in [3.8, 4) is 0 Å². The van der Waals surface area contributed by atoms with Crippen LogP contribution in [-0.2, 0) is 7.05 Å². The lowest BCUT2D eigenvalue weighted by Crippen LogP contribution is -2.31. The van der Waals surface area contributed by atoms with Crippen molar-refractivity contribution in [2.24, 2.45) is 7.05 Å². The molecule has 0 aromatic carbocycles. The van der Waals surface area contributed by atoms with E-state index in [2.05, 4.69) is 25.9 Å². The maximum atomic E-state index is 10.8. The minimum atomic E-state index is -0.497. The second-order valence-corrected chi connectivity index (χ2v) is 4.49. The van der Waals surface area contributed by atoms with Crippen LogP contribution < -0.4 is 22.5 Å². The zero-order valence-electron chi connectivity index (χ0n) is 9.49. The molecule has 10 heteroatoms. The molecule has 0 spiro atoms. The average molecular weight is 352 g/mol. The highest BCUT2D eigenvalue weighted by Crippen LogP contribution is 1.93. The van der Waals surface area contributed by atoms with Crippen LogP contribution in [0, 0.1) is 0 Å². The normalized spacial score (nSPS) is 9.63. The summed E-state index contributed by atoms with van der Waals surface area (Å²) in [6, 6.07) is 0. The fourth-order valence-electron chi connectivity index (χ4n) is 0.929. The molecule has 2 aromatic heterocycles. The van der Waals surface area contributed by atoms with E-state index in [1.165, 1.54) is 19.4 Å². The highest BCUT2D eigenvalue weighted by atomic mass is 79.9. The summed E-state index contributed by atoms with van der Waals surface area (Å²) >= 11 is 8.30. The quantitative estimate of drug-likeness (QED) is 0.595. The summed E-state index contributed by atoms with van der Waals surface area (Å²) in [5, 5.41) is 0.0158. The van der Waals surface area contributed by atoms with Gasteiger partial charge >= 0.3 is 11.4 Å². The lowest BCUT2D eigenvalue weighted by atomic mass is 10.6. The van der Waals surface area contributed by atoms with Crippen LogP contribution >= 0.6 is 27.5 Å². The van der Waals surface area contributed by atoms with E-state index in [0.29, 0.717) is 4.47 Å². The van der Waals surface area contributed by atoms with Crippen molar-refractivity contribution >= 4 is 27.5 Å². The summed E-state index contributed by atoms with van der Waals surface area (Å²) in [5.74, 6) is 0. The van der Waals surface area contributed by atoms with Crippen molar-refractivity contribution < 1.29 is 0 Å². The topological polar surface area (TPSA) is 121 Å². The first-order valence-corrected chi connectivity index (χ1v) is 5.91. The molecule has 0 saturated carbocycles. The van der Waals surface area contributed by atoms with Gasteiger partial charge in [0.25, 0.3) is 11.1 Å². The molecule has 2 heterocycles. The Morgan fingerprint density at radius 3 is 2.26 bits per heavy atom. The maximum absolute atomic E-state index is 10.8. The molecule has 0 fully saturated rings. The second kappa shape index (κ2) is 6.34. The first kappa shape index (κ1) is 15.2. The molecule has 3 N–H and O–H groups in total. The number of nitrogens with zero attached hydrogens (tertiary/aromatic N) is 1. The summed E-state index contributed by atoms with van der Waals surface area (Å²) in [4.78, 5) is 48.9. The first-order chi connectivity index (χ1) is 8.82. The average Bonchev–Trinajstić information content (AvgIpc) is 2.37. The van der Waals surface area contributed by atoms with E-state index in [9.17, 15) is 19.2 Å². The van der Waals surface area contributed by atoms with Gasteiger partial charge in [-0.15, -0.1) is 0 Å². The molecule has 0 radical (unpaired) electrons. The minimum Gasteiger partial charge on any atom is -0.313 e. The van der Waals surface area contributed by atoms with E-state index in [4.69, 9.17) is 11.6 Å². The highest BCUT2D eigenvalue weighted by molar-refractivity contribution is 9.10. The highest BCUT2D eigenvalue weighted by Gasteiger charge is 1.98. The zero-order valence-corrected chi connectivity index (χ0v) is 11.8. The third-order valence-electron chi connectivity index (χ3n) is 1.91. The molecule has 0 saturated heterocycles. The van der Waals surface area contributed by atoms with Gasteiger partial charge in [-0.3, -0.25) is 19.1 Å².